The van der Waals surface area contributed by atoms with Crippen molar-refractivity contribution in [2.24, 2.45) is 5.92 Å². The van der Waals surface area contributed by atoms with Crippen molar-refractivity contribution in [3.63, 3.8) is 0 Å². The lowest BCUT2D eigenvalue weighted by molar-refractivity contribution is 0.0300. The van der Waals surface area contributed by atoms with E-state index in [1.165, 1.54) is 25.3 Å². The van der Waals surface area contributed by atoms with Crippen LogP contribution >= 0.6 is 0 Å². The van der Waals surface area contributed by atoms with Crippen molar-refractivity contribution in [1.82, 2.24) is 9.62 Å². The lowest BCUT2D eigenvalue weighted by Crippen LogP contribution is -2.41. The number of ether oxygens (including phenoxy) is 2. The Bertz CT molecular complexity index is 745. The van der Waals surface area contributed by atoms with Crippen molar-refractivity contribution in [3.8, 4) is 5.75 Å². The van der Waals surface area contributed by atoms with E-state index in [1.807, 2.05) is 0 Å². The first-order valence-corrected chi connectivity index (χ1v) is 11.5. The van der Waals surface area contributed by atoms with Gasteiger partial charge in [-0.05, 0) is 30.5 Å². The molecule has 1 atom stereocenters. The zero-order valence-corrected chi connectivity index (χ0v) is 17.9. The Morgan fingerprint density at radius 1 is 1.29 bits per heavy atom. The van der Waals surface area contributed by atoms with Gasteiger partial charge in [0.25, 0.3) is 5.91 Å². The maximum Gasteiger partial charge on any atom is 0.257 e. The van der Waals surface area contributed by atoms with Crippen LogP contribution in [-0.2, 0) is 14.8 Å². The van der Waals surface area contributed by atoms with Gasteiger partial charge in [-0.25, -0.2) is 13.1 Å². The SMILES string of the molecule is CCCC[C@H](CC)CNS(=O)(=O)c1ccc(OC)c(C(=O)N2CCOCC2)c1. The summed E-state index contributed by atoms with van der Waals surface area (Å²) in [5.74, 6) is 0.429. The minimum absolute atomic E-state index is 0.0789. The summed E-state index contributed by atoms with van der Waals surface area (Å²) in [6, 6.07) is 4.42. The van der Waals surface area contributed by atoms with Crippen LogP contribution < -0.4 is 9.46 Å². The molecular formula is C20H32N2O5S. The molecule has 1 saturated heterocycles. The number of morpholine rings is 1. The van der Waals surface area contributed by atoms with Crippen molar-refractivity contribution in [1.29, 1.82) is 0 Å². The first-order chi connectivity index (χ1) is 13.4. The third-order valence-electron chi connectivity index (χ3n) is 5.12. The topological polar surface area (TPSA) is 84.9 Å². The quantitative estimate of drug-likeness (QED) is 0.639. The highest BCUT2D eigenvalue weighted by atomic mass is 32.2. The molecule has 0 aliphatic carbocycles. The molecule has 7 nitrogen and oxygen atoms in total. The molecule has 0 radical (unpaired) electrons. The Morgan fingerprint density at radius 2 is 2.00 bits per heavy atom. The van der Waals surface area contributed by atoms with E-state index in [0.717, 1.165) is 25.7 Å². The number of sulfonamides is 1. The minimum atomic E-state index is -3.70. The molecule has 0 aromatic heterocycles. The zero-order valence-electron chi connectivity index (χ0n) is 17.1. The Morgan fingerprint density at radius 3 is 2.61 bits per heavy atom. The Labute approximate surface area is 168 Å². The highest BCUT2D eigenvalue weighted by molar-refractivity contribution is 7.89. The van der Waals surface area contributed by atoms with Crippen LogP contribution in [0.1, 0.15) is 49.9 Å². The number of nitrogens with one attached hydrogen (secondary N) is 1. The van der Waals surface area contributed by atoms with Crippen LogP contribution in [-0.4, -0.2) is 59.2 Å². The van der Waals surface area contributed by atoms with E-state index in [2.05, 4.69) is 18.6 Å². The number of rotatable bonds is 10. The lowest BCUT2D eigenvalue weighted by Gasteiger charge is -2.27. The van der Waals surface area contributed by atoms with Crippen molar-refractivity contribution < 1.29 is 22.7 Å². The summed E-state index contributed by atoms with van der Waals surface area (Å²) in [5.41, 5.74) is 0.255. The van der Waals surface area contributed by atoms with E-state index in [0.29, 0.717) is 44.5 Å². The molecule has 0 saturated carbocycles. The highest BCUT2D eigenvalue weighted by Gasteiger charge is 2.25. The molecule has 28 heavy (non-hydrogen) atoms. The summed E-state index contributed by atoms with van der Waals surface area (Å²) < 4.78 is 38.8. The average Bonchev–Trinajstić information content (AvgIpc) is 2.73. The van der Waals surface area contributed by atoms with Crippen LogP contribution in [0.2, 0.25) is 0 Å². The first kappa shape index (κ1) is 22.6. The summed E-state index contributed by atoms with van der Waals surface area (Å²) >= 11 is 0. The van der Waals surface area contributed by atoms with E-state index in [1.54, 1.807) is 4.90 Å². The normalized spacial score (nSPS) is 16.0. The Balaban J connectivity index is 2.19. The van der Waals surface area contributed by atoms with Crippen LogP contribution in [0.15, 0.2) is 23.1 Å². The molecule has 158 valence electrons. The second-order valence-electron chi connectivity index (χ2n) is 7.04. The molecule has 1 aromatic carbocycles. The third kappa shape index (κ3) is 5.93. The van der Waals surface area contributed by atoms with E-state index in [-0.39, 0.29) is 16.4 Å². The standard InChI is InChI=1S/C20H32N2O5S/c1-4-6-7-16(5-2)15-21-28(24,25)17-8-9-19(26-3)18(14-17)20(23)22-10-12-27-13-11-22/h8-9,14,16,21H,4-7,10-13,15H2,1-3H3/t16-/m0/s1. The number of amides is 1. The predicted molar refractivity (Wildman–Crippen MR) is 108 cm³/mol. The largest absolute Gasteiger partial charge is 0.496 e. The van der Waals surface area contributed by atoms with Crippen molar-refractivity contribution >= 4 is 15.9 Å². The molecule has 1 amide bonds. The van der Waals surface area contributed by atoms with Crippen molar-refractivity contribution in [2.45, 2.75) is 44.4 Å². The fourth-order valence-electron chi connectivity index (χ4n) is 3.21. The number of unbranched alkanes of at least 4 members (excludes halogenated alkanes) is 1. The fraction of sp³-hybridized carbons (Fsp3) is 0.650. The van der Waals surface area contributed by atoms with Crippen LogP contribution in [0.25, 0.3) is 0 Å². The van der Waals surface area contributed by atoms with Gasteiger partial charge >= 0.3 is 0 Å². The van der Waals surface area contributed by atoms with Gasteiger partial charge in [-0.1, -0.05) is 33.1 Å². The van der Waals surface area contributed by atoms with Crippen LogP contribution in [0, 0.1) is 5.92 Å². The van der Waals surface area contributed by atoms with Crippen molar-refractivity contribution in [2.75, 3.05) is 40.0 Å². The molecule has 1 aromatic rings. The number of methoxy groups -OCH3 is 1. The number of carbonyl (C=O) groups excluding carboxylic acids is 1. The average molecular weight is 413 g/mol. The molecule has 1 fully saturated rings. The third-order valence-corrected chi connectivity index (χ3v) is 6.54. The van der Waals surface area contributed by atoms with Gasteiger partial charge in [0.15, 0.2) is 0 Å². The molecule has 1 heterocycles. The molecule has 1 aliphatic rings. The number of hydrogen-bond donors (Lipinski definition) is 1. The molecule has 0 unspecified atom stereocenters. The van der Waals surface area contributed by atoms with Gasteiger partial charge in [0.1, 0.15) is 5.75 Å². The molecule has 0 spiro atoms. The molecule has 8 heteroatoms. The highest BCUT2D eigenvalue weighted by Crippen LogP contribution is 2.25. The lowest BCUT2D eigenvalue weighted by atomic mass is 10.00. The maximum atomic E-state index is 12.9. The van der Waals surface area contributed by atoms with Crippen molar-refractivity contribution in [3.05, 3.63) is 23.8 Å². The maximum absolute atomic E-state index is 12.9. The number of carbonyl (C=O) groups is 1. The number of nitrogens with zero attached hydrogens (tertiary/aromatic N) is 1. The van der Waals surface area contributed by atoms with Gasteiger partial charge in [-0.15, -0.1) is 0 Å². The number of hydrogen-bond acceptors (Lipinski definition) is 5. The second-order valence-corrected chi connectivity index (χ2v) is 8.80. The molecule has 2 rings (SSSR count). The van der Waals surface area contributed by atoms with Crippen LogP contribution in [0.3, 0.4) is 0 Å². The van der Waals surface area contributed by atoms with Crippen LogP contribution in [0.5, 0.6) is 5.75 Å². The van der Waals surface area contributed by atoms with E-state index >= 15 is 0 Å². The number of benzene rings is 1. The minimum Gasteiger partial charge on any atom is -0.496 e. The smallest absolute Gasteiger partial charge is 0.257 e. The van der Waals surface area contributed by atoms with E-state index in [4.69, 9.17) is 9.47 Å². The van der Waals surface area contributed by atoms with Crippen LogP contribution in [0.4, 0.5) is 0 Å². The van der Waals surface area contributed by atoms with E-state index < -0.39 is 10.0 Å². The monoisotopic (exact) mass is 412 g/mol. The van der Waals surface area contributed by atoms with E-state index in [9.17, 15) is 13.2 Å². The molecule has 0 bridgehead atoms. The summed E-state index contributed by atoms with van der Waals surface area (Å²) in [7, 11) is -2.23. The van der Waals surface area contributed by atoms with Gasteiger partial charge < -0.3 is 14.4 Å². The molecular weight excluding hydrogens is 380 g/mol. The van der Waals surface area contributed by atoms with Gasteiger partial charge in [0.05, 0.1) is 30.8 Å². The predicted octanol–water partition coefficient (Wildman–Crippen LogP) is 2.66. The zero-order chi connectivity index (χ0) is 20.6. The Kier molecular flexibility index (Phi) is 8.72. The summed E-state index contributed by atoms with van der Waals surface area (Å²) in [6.45, 7) is 6.51. The summed E-state index contributed by atoms with van der Waals surface area (Å²) in [4.78, 5) is 14.6. The van der Waals surface area contributed by atoms with Gasteiger partial charge in [0, 0.05) is 19.6 Å². The van der Waals surface area contributed by atoms with Gasteiger partial charge in [0.2, 0.25) is 10.0 Å². The van der Waals surface area contributed by atoms with Gasteiger partial charge in [-0.2, -0.15) is 0 Å². The summed E-state index contributed by atoms with van der Waals surface area (Å²) in [5, 5.41) is 0. The second kappa shape index (κ2) is 10.8. The summed E-state index contributed by atoms with van der Waals surface area (Å²) in [6.07, 6.45) is 4.10. The van der Waals surface area contributed by atoms with Gasteiger partial charge in [-0.3, -0.25) is 4.79 Å². The first-order valence-electron chi connectivity index (χ1n) is 9.97. The molecule has 1 aliphatic heterocycles. The molecule has 1 N–H and O–H groups in total. The fourth-order valence-corrected chi connectivity index (χ4v) is 4.35. The Hall–Kier alpha value is -1.64.